The van der Waals surface area contributed by atoms with E-state index in [0.29, 0.717) is 17.2 Å². The molecule has 1 aromatic heterocycles. The van der Waals surface area contributed by atoms with E-state index in [-0.39, 0.29) is 17.3 Å². The molecule has 1 saturated heterocycles. The fourth-order valence-electron chi connectivity index (χ4n) is 3.84. The van der Waals surface area contributed by atoms with Crippen LogP contribution in [0.2, 0.25) is 0 Å². The van der Waals surface area contributed by atoms with Crippen molar-refractivity contribution < 1.29 is 9.18 Å². The summed E-state index contributed by atoms with van der Waals surface area (Å²) in [5.74, 6) is -0.340. The molecular weight excluding hydrogens is 405 g/mol. The first kappa shape index (κ1) is 19.9. The van der Waals surface area contributed by atoms with E-state index in [1.807, 2.05) is 41.3 Å². The summed E-state index contributed by atoms with van der Waals surface area (Å²) in [5.41, 5.74) is 2.48. The molecule has 0 atom stereocenters. The first-order chi connectivity index (χ1) is 15.5. The van der Waals surface area contributed by atoms with Gasteiger partial charge in [-0.1, -0.05) is 24.3 Å². The SMILES string of the molecule is Cc1cc(C(=O)Nc2ccc(C(=N)N3CCC3)cc2)n(-c2cc3ccccc3cc2F)n1. The van der Waals surface area contributed by atoms with Crippen molar-refractivity contribution >= 4 is 28.2 Å². The normalized spacial score (nSPS) is 13.1. The Bertz CT molecular complexity index is 1340. The van der Waals surface area contributed by atoms with Crippen molar-refractivity contribution in [1.29, 1.82) is 5.41 Å². The van der Waals surface area contributed by atoms with Gasteiger partial charge in [-0.2, -0.15) is 5.10 Å². The van der Waals surface area contributed by atoms with E-state index in [2.05, 4.69) is 10.4 Å². The van der Waals surface area contributed by atoms with Crippen molar-refractivity contribution in [1.82, 2.24) is 14.7 Å². The van der Waals surface area contributed by atoms with Gasteiger partial charge in [0.05, 0.1) is 5.69 Å². The standard InChI is InChI=1S/C25H22FN5O/c1-16-13-23(31(29-16)22-15-19-6-3-2-5-18(19)14-21(22)26)25(32)28-20-9-7-17(8-10-20)24(27)30-11-4-12-30/h2-3,5-10,13-15,27H,4,11-12H2,1H3,(H,28,32). The molecule has 0 radical (unpaired) electrons. The van der Waals surface area contributed by atoms with E-state index in [9.17, 15) is 9.18 Å². The minimum absolute atomic E-state index is 0.222. The highest BCUT2D eigenvalue weighted by molar-refractivity contribution is 6.04. The number of rotatable bonds is 4. The highest BCUT2D eigenvalue weighted by atomic mass is 19.1. The molecule has 2 N–H and O–H groups in total. The van der Waals surface area contributed by atoms with Crippen molar-refractivity contribution in [3.8, 4) is 5.69 Å². The van der Waals surface area contributed by atoms with Gasteiger partial charge in [-0.05, 0) is 66.6 Å². The van der Waals surface area contributed by atoms with Gasteiger partial charge >= 0.3 is 0 Å². The second-order valence-electron chi connectivity index (χ2n) is 7.95. The number of benzene rings is 3. The Morgan fingerprint density at radius 3 is 2.38 bits per heavy atom. The first-order valence-corrected chi connectivity index (χ1v) is 10.5. The third-order valence-corrected chi connectivity index (χ3v) is 5.70. The number of hydrogen-bond acceptors (Lipinski definition) is 3. The number of aromatic nitrogens is 2. The van der Waals surface area contributed by atoms with Crippen LogP contribution >= 0.6 is 0 Å². The van der Waals surface area contributed by atoms with Gasteiger partial charge in [-0.25, -0.2) is 9.07 Å². The van der Waals surface area contributed by atoms with Gasteiger partial charge in [0, 0.05) is 24.3 Å². The summed E-state index contributed by atoms with van der Waals surface area (Å²) in [5, 5.41) is 17.1. The van der Waals surface area contributed by atoms with Crippen LogP contribution < -0.4 is 5.32 Å². The summed E-state index contributed by atoms with van der Waals surface area (Å²) in [6.07, 6.45) is 1.11. The van der Waals surface area contributed by atoms with Crippen LogP contribution in [0.25, 0.3) is 16.5 Å². The zero-order valence-corrected chi connectivity index (χ0v) is 17.6. The number of carbonyl (C=O) groups is 1. The second kappa shape index (κ2) is 7.92. The number of aryl methyl sites for hydroxylation is 1. The van der Waals surface area contributed by atoms with Crippen LogP contribution in [0.4, 0.5) is 10.1 Å². The number of likely N-dealkylation sites (tertiary alicyclic amines) is 1. The number of nitrogens with one attached hydrogen (secondary N) is 2. The van der Waals surface area contributed by atoms with Crippen molar-refractivity contribution in [3.63, 3.8) is 0 Å². The molecule has 1 aliphatic heterocycles. The highest BCUT2D eigenvalue weighted by Gasteiger charge is 2.20. The van der Waals surface area contributed by atoms with Gasteiger partial charge in [0.1, 0.15) is 23.0 Å². The Balaban J connectivity index is 1.42. The summed E-state index contributed by atoms with van der Waals surface area (Å²) in [7, 11) is 0. The van der Waals surface area contributed by atoms with Crippen LogP contribution in [0.1, 0.15) is 28.2 Å². The molecule has 2 heterocycles. The molecule has 160 valence electrons. The first-order valence-electron chi connectivity index (χ1n) is 10.5. The lowest BCUT2D eigenvalue weighted by Crippen LogP contribution is -2.42. The fraction of sp³-hybridized carbons (Fsp3) is 0.160. The zero-order valence-electron chi connectivity index (χ0n) is 17.6. The third-order valence-electron chi connectivity index (χ3n) is 5.70. The monoisotopic (exact) mass is 427 g/mol. The van der Waals surface area contributed by atoms with E-state index >= 15 is 0 Å². The van der Waals surface area contributed by atoms with Crippen LogP contribution in [0.3, 0.4) is 0 Å². The summed E-state index contributed by atoms with van der Waals surface area (Å²) in [6.45, 7) is 3.58. The Kier molecular flexibility index (Phi) is 4.93. The molecule has 0 aliphatic carbocycles. The molecule has 1 aliphatic rings. The predicted octanol–water partition coefficient (Wildman–Crippen LogP) is 4.76. The summed E-state index contributed by atoms with van der Waals surface area (Å²) in [6, 6.07) is 19.5. The van der Waals surface area contributed by atoms with Crippen LogP contribution in [0.15, 0.2) is 66.7 Å². The molecule has 32 heavy (non-hydrogen) atoms. The molecule has 0 bridgehead atoms. The average Bonchev–Trinajstić information content (AvgIpc) is 3.14. The number of fused-ring (bicyclic) bond motifs is 1. The number of hydrogen-bond donors (Lipinski definition) is 2. The summed E-state index contributed by atoms with van der Waals surface area (Å²) < 4.78 is 16.2. The lowest BCUT2D eigenvalue weighted by molar-refractivity contribution is 0.101. The molecule has 0 spiro atoms. The van der Waals surface area contributed by atoms with Gasteiger partial charge in [-0.15, -0.1) is 0 Å². The van der Waals surface area contributed by atoms with E-state index in [1.165, 1.54) is 10.7 Å². The average molecular weight is 427 g/mol. The van der Waals surface area contributed by atoms with Gasteiger partial charge in [0.2, 0.25) is 0 Å². The van der Waals surface area contributed by atoms with Crippen molar-refractivity contribution in [3.05, 3.63) is 89.5 Å². The molecule has 4 aromatic rings. The molecule has 0 saturated carbocycles. The minimum Gasteiger partial charge on any atom is -0.356 e. The van der Waals surface area contributed by atoms with Crippen LogP contribution in [-0.2, 0) is 0 Å². The van der Waals surface area contributed by atoms with Crippen LogP contribution in [-0.4, -0.2) is 39.5 Å². The van der Waals surface area contributed by atoms with Crippen LogP contribution in [0, 0.1) is 18.2 Å². The minimum atomic E-state index is -0.449. The number of amidine groups is 1. The lowest BCUT2D eigenvalue weighted by Gasteiger charge is -2.33. The highest BCUT2D eigenvalue weighted by Crippen LogP contribution is 2.24. The van der Waals surface area contributed by atoms with E-state index in [1.54, 1.807) is 31.2 Å². The fourth-order valence-corrected chi connectivity index (χ4v) is 3.84. The molecule has 0 unspecified atom stereocenters. The molecule has 3 aromatic carbocycles. The Labute approximate surface area is 184 Å². The third kappa shape index (κ3) is 3.62. The Morgan fingerprint density at radius 1 is 1.03 bits per heavy atom. The molecule has 5 rings (SSSR count). The van der Waals surface area contributed by atoms with Crippen molar-refractivity contribution in [2.45, 2.75) is 13.3 Å². The van der Waals surface area contributed by atoms with Crippen molar-refractivity contribution in [2.75, 3.05) is 18.4 Å². The summed E-state index contributed by atoms with van der Waals surface area (Å²) in [4.78, 5) is 15.0. The van der Waals surface area contributed by atoms with Gasteiger partial charge in [0.25, 0.3) is 5.91 Å². The molecule has 6 nitrogen and oxygen atoms in total. The number of anilines is 1. The molecule has 7 heteroatoms. The van der Waals surface area contributed by atoms with Gasteiger partial charge in [-0.3, -0.25) is 10.2 Å². The van der Waals surface area contributed by atoms with Crippen molar-refractivity contribution in [2.24, 2.45) is 0 Å². The van der Waals surface area contributed by atoms with Gasteiger partial charge in [0.15, 0.2) is 0 Å². The predicted molar refractivity (Wildman–Crippen MR) is 123 cm³/mol. The maximum atomic E-state index is 14.9. The second-order valence-corrected chi connectivity index (χ2v) is 7.95. The van der Waals surface area contributed by atoms with Crippen LogP contribution in [0.5, 0.6) is 0 Å². The maximum absolute atomic E-state index is 14.9. The largest absolute Gasteiger partial charge is 0.356 e. The van der Waals surface area contributed by atoms with E-state index < -0.39 is 5.82 Å². The smallest absolute Gasteiger partial charge is 0.274 e. The van der Waals surface area contributed by atoms with Gasteiger partial charge < -0.3 is 10.2 Å². The zero-order chi connectivity index (χ0) is 22.2. The Hall–Kier alpha value is -4.00. The molecule has 1 fully saturated rings. The number of halogens is 1. The lowest BCUT2D eigenvalue weighted by atomic mass is 10.1. The van der Waals surface area contributed by atoms with E-state index in [4.69, 9.17) is 5.41 Å². The molecular formula is C25H22FN5O. The summed E-state index contributed by atoms with van der Waals surface area (Å²) >= 11 is 0. The number of amides is 1. The quantitative estimate of drug-likeness (QED) is 0.364. The number of carbonyl (C=O) groups excluding carboxylic acids is 1. The number of nitrogens with zero attached hydrogens (tertiary/aromatic N) is 3. The Morgan fingerprint density at radius 2 is 1.72 bits per heavy atom. The topological polar surface area (TPSA) is 74.0 Å². The molecule has 1 amide bonds. The maximum Gasteiger partial charge on any atom is 0.274 e. The van der Waals surface area contributed by atoms with E-state index in [0.717, 1.165) is 35.8 Å².